The summed E-state index contributed by atoms with van der Waals surface area (Å²) in [5.74, 6) is -1.16. The Balaban J connectivity index is 1.76. The van der Waals surface area contributed by atoms with Crippen LogP contribution in [0, 0.1) is 17.2 Å². The molecule has 1 saturated heterocycles. The van der Waals surface area contributed by atoms with Gasteiger partial charge < -0.3 is 15.3 Å². The van der Waals surface area contributed by atoms with Crippen molar-refractivity contribution in [2.75, 3.05) is 6.54 Å². The highest BCUT2D eigenvalue weighted by atomic mass is 16.3. The second kappa shape index (κ2) is 8.49. The number of fused-ring (bicyclic) bond motifs is 1. The van der Waals surface area contributed by atoms with E-state index in [1.165, 1.54) is 20.1 Å². The zero-order valence-corrected chi connectivity index (χ0v) is 18.2. The van der Waals surface area contributed by atoms with Crippen LogP contribution in [0.15, 0.2) is 17.1 Å². The molecule has 0 radical (unpaired) electrons. The van der Waals surface area contributed by atoms with Crippen molar-refractivity contribution < 1.29 is 19.3 Å². The maximum atomic E-state index is 13.0. The van der Waals surface area contributed by atoms with Gasteiger partial charge in [-0.05, 0) is 37.7 Å². The molecule has 10 nitrogen and oxygen atoms in total. The van der Waals surface area contributed by atoms with Crippen molar-refractivity contribution in [1.82, 2.24) is 19.8 Å². The van der Waals surface area contributed by atoms with Crippen LogP contribution in [0.5, 0.6) is 5.88 Å². The lowest BCUT2D eigenvalue weighted by Gasteiger charge is -2.16. The van der Waals surface area contributed by atoms with E-state index in [0.717, 1.165) is 19.3 Å². The third-order valence-corrected chi connectivity index (χ3v) is 5.75. The number of likely N-dealkylation sites (tertiary alicyclic amines) is 1. The number of aromatic nitrogens is 3. The molecule has 2 aliphatic rings. The van der Waals surface area contributed by atoms with Gasteiger partial charge in [-0.25, -0.2) is 9.89 Å². The van der Waals surface area contributed by atoms with Gasteiger partial charge >= 0.3 is 17.1 Å². The van der Waals surface area contributed by atoms with Crippen molar-refractivity contribution in [1.29, 1.82) is 5.26 Å². The average Bonchev–Trinajstić information content (AvgIpc) is 3.26. The predicted molar refractivity (Wildman–Crippen MR) is 115 cm³/mol. The van der Waals surface area contributed by atoms with E-state index >= 15 is 0 Å². The van der Waals surface area contributed by atoms with Gasteiger partial charge in [0.15, 0.2) is 0 Å². The standard InChI is InChI=1S/C22H26N6O4/c1-13(2)12-27-20-14(5-8-17(29)26-9-3-4-16(26)10-23)11-24-28(20)22(32)18(21(27)31)19(30)25-15-6-7-15/h5,8,11,13,15-16H,3-4,6-7,9,12H2,1-2H3,(H2,25,30,31,32)/p+1/b8-5+/t16-/m0/s1. The maximum absolute atomic E-state index is 13.0. The first kappa shape index (κ1) is 21.6. The number of H-pyrrole nitrogens is 1. The number of amides is 2. The van der Waals surface area contributed by atoms with Gasteiger partial charge in [0, 0.05) is 18.7 Å². The Hall–Kier alpha value is -3.61. The molecule has 1 aliphatic heterocycles. The first-order valence-electron chi connectivity index (χ1n) is 10.9. The van der Waals surface area contributed by atoms with Gasteiger partial charge in [-0.15, -0.1) is 0 Å². The summed E-state index contributed by atoms with van der Waals surface area (Å²) in [4.78, 5) is 39.8. The molecule has 1 saturated carbocycles. The molecule has 168 valence electrons. The predicted octanol–water partition coefficient (Wildman–Crippen LogP) is 0.697. The molecular weight excluding hydrogens is 412 g/mol. The van der Waals surface area contributed by atoms with E-state index in [1.807, 2.05) is 13.8 Å². The molecule has 0 unspecified atom stereocenters. The summed E-state index contributed by atoms with van der Waals surface area (Å²) in [6.45, 7) is 4.80. The fourth-order valence-electron chi connectivity index (χ4n) is 4.03. The topological polar surface area (TPSA) is 135 Å². The Morgan fingerprint density at radius 3 is 2.81 bits per heavy atom. The van der Waals surface area contributed by atoms with Gasteiger partial charge in [0.2, 0.25) is 11.5 Å². The van der Waals surface area contributed by atoms with Crippen LogP contribution >= 0.6 is 0 Å². The molecule has 2 aromatic heterocycles. The van der Waals surface area contributed by atoms with Gasteiger partial charge in [-0.3, -0.25) is 9.59 Å². The molecule has 32 heavy (non-hydrogen) atoms. The summed E-state index contributed by atoms with van der Waals surface area (Å²) in [7, 11) is 0. The summed E-state index contributed by atoms with van der Waals surface area (Å²) in [5.41, 5.74) is -0.108. The van der Waals surface area contributed by atoms with E-state index in [9.17, 15) is 24.8 Å². The summed E-state index contributed by atoms with van der Waals surface area (Å²) >= 11 is 0. The van der Waals surface area contributed by atoms with Crippen LogP contribution < -0.4 is 15.4 Å². The molecule has 3 heterocycles. The fraction of sp³-hybridized carbons (Fsp3) is 0.500. The van der Waals surface area contributed by atoms with Crippen LogP contribution in [0.4, 0.5) is 0 Å². The number of carbonyl (C=O) groups is 2. The Labute approximate surface area is 184 Å². The number of carbonyl (C=O) groups excluding carboxylic acids is 2. The van der Waals surface area contributed by atoms with Gasteiger partial charge in [0.05, 0.1) is 24.4 Å². The van der Waals surface area contributed by atoms with Gasteiger partial charge in [-0.2, -0.15) is 9.83 Å². The molecular formula is C22H27N6O4+. The summed E-state index contributed by atoms with van der Waals surface area (Å²) in [6.07, 6.45) is 7.63. The Morgan fingerprint density at radius 1 is 1.41 bits per heavy atom. The Bertz CT molecular complexity index is 1200. The van der Waals surface area contributed by atoms with E-state index in [0.29, 0.717) is 30.7 Å². The normalized spacial score (nSPS) is 18.6. The SMILES string of the molecule is CC(C)C[n+]1c(O)c(C(=O)NC2CC2)c(=O)n2[nH]cc(/C=C/C(=O)N3CCC[C@H]3C#N)c21. The lowest BCUT2D eigenvalue weighted by molar-refractivity contribution is -0.686. The second-order valence-electron chi connectivity index (χ2n) is 8.80. The molecule has 1 atom stereocenters. The third kappa shape index (κ3) is 3.98. The highest BCUT2D eigenvalue weighted by Crippen LogP contribution is 2.21. The van der Waals surface area contributed by atoms with E-state index < -0.39 is 23.4 Å². The van der Waals surface area contributed by atoms with Gasteiger partial charge in [0.1, 0.15) is 6.04 Å². The zero-order chi connectivity index (χ0) is 23.0. The molecule has 2 fully saturated rings. The molecule has 1 aliphatic carbocycles. The van der Waals surface area contributed by atoms with Crippen LogP contribution in [0.2, 0.25) is 0 Å². The summed E-state index contributed by atoms with van der Waals surface area (Å²) in [6, 6.07) is 1.75. The second-order valence-corrected chi connectivity index (χ2v) is 8.80. The van der Waals surface area contributed by atoms with Crippen LogP contribution in [0.3, 0.4) is 0 Å². The van der Waals surface area contributed by atoms with E-state index in [1.54, 1.807) is 12.3 Å². The van der Waals surface area contributed by atoms with Crippen LogP contribution in [0.25, 0.3) is 11.7 Å². The zero-order valence-electron chi connectivity index (χ0n) is 18.2. The summed E-state index contributed by atoms with van der Waals surface area (Å²) in [5, 5.41) is 25.7. The average molecular weight is 439 g/mol. The van der Waals surface area contributed by atoms with E-state index in [2.05, 4.69) is 16.5 Å². The number of rotatable bonds is 6. The first-order valence-corrected chi connectivity index (χ1v) is 10.9. The number of hydrogen-bond donors (Lipinski definition) is 3. The van der Waals surface area contributed by atoms with Gasteiger partial charge in [0.25, 0.3) is 5.91 Å². The van der Waals surface area contributed by atoms with Crippen LogP contribution in [-0.2, 0) is 11.3 Å². The first-order chi connectivity index (χ1) is 15.3. The van der Waals surface area contributed by atoms with E-state index in [-0.39, 0.29) is 23.4 Å². The number of aromatic hydroxyl groups is 1. The molecule has 4 rings (SSSR count). The van der Waals surface area contributed by atoms with Gasteiger partial charge in [-0.1, -0.05) is 18.4 Å². The largest absolute Gasteiger partial charge is 0.477 e. The lowest BCUT2D eigenvalue weighted by atomic mass is 10.2. The van der Waals surface area contributed by atoms with Crippen molar-refractivity contribution in [3.63, 3.8) is 0 Å². The Morgan fingerprint density at radius 2 is 2.16 bits per heavy atom. The number of nitrogens with zero attached hydrogens (tertiary/aromatic N) is 4. The minimum atomic E-state index is -0.661. The van der Waals surface area contributed by atoms with Crippen molar-refractivity contribution in [3.05, 3.63) is 33.8 Å². The number of aromatic amines is 1. The third-order valence-electron chi connectivity index (χ3n) is 5.75. The lowest BCUT2D eigenvalue weighted by Crippen LogP contribution is -2.46. The summed E-state index contributed by atoms with van der Waals surface area (Å²) < 4.78 is 2.73. The van der Waals surface area contributed by atoms with Crippen LogP contribution in [-0.4, -0.2) is 50.1 Å². The van der Waals surface area contributed by atoms with Crippen molar-refractivity contribution in [2.45, 2.75) is 58.2 Å². The fourth-order valence-corrected chi connectivity index (χ4v) is 4.03. The highest BCUT2D eigenvalue weighted by molar-refractivity contribution is 5.96. The minimum Gasteiger partial charge on any atom is -0.477 e. The van der Waals surface area contributed by atoms with E-state index in [4.69, 9.17) is 0 Å². The Kier molecular flexibility index (Phi) is 5.74. The number of nitrogens with one attached hydrogen (secondary N) is 2. The quantitative estimate of drug-likeness (QED) is 0.450. The molecule has 2 aromatic rings. The van der Waals surface area contributed by atoms with Crippen molar-refractivity contribution >= 4 is 23.5 Å². The highest BCUT2D eigenvalue weighted by Gasteiger charge is 2.34. The van der Waals surface area contributed by atoms with Crippen molar-refractivity contribution in [2.24, 2.45) is 5.92 Å². The molecule has 3 N–H and O–H groups in total. The van der Waals surface area contributed by atoms with Crippen LogP contribution in [0.1, 0.15) is 55.5 Å². The maximum Gasteiger partial charge on any atom is 0.378 e. The molecule has 0 spiro atoms. The molecule has 2 amide bonds. The smallest absolute Gasteiger partial charge is 0.378 e. The number of hydrogen-bond acceptors (Lipinski definition) is 5. The molecule has 0 bridgehead atoms. The number of nitriles is 1. The molecule has 10 heteroatoms. The minimum absolute atomic E-state index is 0.0384. The molecule has 0 aromatic carbocycles. The van der Waals surface area contributed by atoms with Crippen molar-refractivity contribution in [3.8, 4) is 11.9 Å². The monoisotopic (exact) mass is 439 g/mol.